The monoisotopic (exact) mass is 552 g/mol. The Morgan fingerprint density at radius 2 is 2.03 bits per heavy atom. The summed E-state index contributed by atoms with van der Waals surface area (Å²) in [4.78, 5) is 6.77. The highest BCUT2D eigenvalue weighted by Crippen LogP contribution is 2.27. The highest BCUT2D eigenvalue weighted by atomic mass is 127. The molecule has 0 radical (unpaired) electrons. The first-order valence-corrected chi connectivity index (χ1v) is 10.9. The quantitative estimate of drug-likeness (QED) is 0.213. The second kappa shape index (κ2) is 14.4. The summed E-state index contributed by atoms with van der Waals surface area (Å²) in [6, 6.07) is 8.22. The van der Waals surface area contributed by atoms with Crippen molar-refractivity contribution in [2.24, 2.45) is 4.99 Å². The summed E-state index contributed by atoms with van der Waals surface area (Å²) in [5.74, 6) is 0.791. The van der Waals surface area contributed by atoms with E-state index in [-0.39, 0.29) is 36.1 Å². The molecule has 0 spiro atoms. The van der Waals surface area contributed by atoms with Crippen molar-refractivity contribution in [3.63, 3.8) is 0 Å². The molecule has 1 aromatic carbocycles. The minimum Gasteiger partial charge on any atom is -0.379 e. The van der Waals surface area contributed by atoms with Crippen LogP contribution in [0.25, 0.3) is 0 Å². The van der Waals surface area contributed by atoms with Gasteiger partial charge in [0.15, 0.2) is 5.96 Å². The Morgan fingerprint density at radius 3 is 2.73 bits per heavy atom. The maximum Gasteiger partial charge on any atom is 0.191 e. The van der Waals surface area contributed by atoms with Crippen LogP contribution in [0.1, 0.15) is 24.4 Å². The fourth-order valence-electron chi connectivity index (χ4n) is 3.66. The van der Waals surface area contributed by atoms with Crippen LogP contribution < -0.4 is 10.6 Å². The molecular weight excluding hydrogens is 519 g/mol. The standard InChI is InChI=1S/C21H33ClN4O3.HI/c1-23-21(24-8-4-11-29-17-7-12-28-16-17)25-15-20(26-9-13-27-14-10-26)18-5-2-3-6-19(18)22;/h2-3,5-6,17,20H,4,7-16H2,1H3,(H2,23,24,25);1H. The van der Waals surface area contributed by atoms with E-state index in [0.717, 1.165) is 88.6 Å². The van der Waals surface area contributed by atoms with Crippen molar-refractivity contribution >= 4 is 41.5 Å². The lowest BCUT2D eigenvalue weighted by Crippen LogP contribution is -2.46. The predicted molar refractivity (Wildman–Crippen MR) is 131 cm³/mol. The number of morpholine rings is 1. The van der Waals surface area contributed by atoms with Gasteiger partial charge < -0.3 is 24.8 Å². The van der Waals surface area contributed by atoms with Gasteiger partial charge in [-0.05, 0) is 24.5 Å². The second-order valence-corrected chi connectivity index (χ2v) is 7.68. The number of hydrogen-bond donors (Lipinski definition) is 2. The molecule has 2 N–H and O–H groups in total. The lowest BCUT2D eigenvalue weighted by molar-refractivity contribution is 0.0170. The molecule has 2 atom stereocenters. The minimum absolute atomic E-state index is 0. The minimum atomic E-state index is 0. The maximum absolute atomic E-state index is 6.51. The highest BCUT2D eigenvalue weighted by Gasteiger charge is 2.24. The largest absolute Gasteiger partial charge is 0.379 e. The van der Waals surface area contributed by atoms with E-state index in [1.807, 2.05) is 18.2 Å². The molecule has 9 heteroatoms. The lowest BCUT2D eigenvalue weighted by Gasteiger charge is -2.35. The van der Waals surface area contributed by atoms with Gasteiger partial charge in [0.1, 0.15) is 0 Å². The van der Waals surface area contributed by atoms with E-state index in [4.69, 9.17) is 25.8 Å². The van der Waals surface area contributed by atoms with Crippen molar-refractivity contribution in [1.82, 2.24) is 15.5 Å². The molecule has 0 amide bonds. The zero-order valence-corrected chi connectivity index (χ0v) is 20.7. The van der Waals surface area contributed by atoms with Crippen molar-refractivity contribution in [3.8, 4) is 0 Å². The van der Waals surface area contributed by atoms with Crippen LogP contribution in [0, 0.1) is 0 Å². The molecular formula is C21H34ClIN4O3. The number of nitrogens with zero attached hydrogens (tertiary/aromatic N) is 2. The molecule has 2 heterocycles. The van der Waals surface area contributed by atoms with Gasteiger partial charge in [0.05, 0.1) is 32.0 Å². The van der Waals surface area contributed by atoms with Crippen LogP contribution in [-0.2, 0) is 14.2 Å². The molecule has 2 aliphatic rings. The number of halogens is 2. The normalized spacial score (nSPS) is 21.1. The summed E-state index contributed by atoms with van der Waals surface area (Å²) in [6.45, 7) is 7.09. The number of guanidine groups is 1. The molecule has 1 aromatic rings. The molecule has 7 nitrogen and oxygen atoms in total. The molecule has 2 fully saturated rings. The first-order chi connectivity index (χ1) is 14.3. The van der Waals surface area contributed by atoms with Gasteiger partial charge >= 0.3 is 0 Å². The van der Waals surface area contributed by atoms with Crippen molar-refractivity contribution < 1.29 is 14.2 Å². The first-order valence-electron chi connectivity index (χ1n) is 10.5. The number of aliphatic imine (C=N–C) groups is 1. The Bertz CT molecular complexity index is 640. The average Bonchev–Trinajstić information content (AvgIpc) is 3.27. The van der Waals surface area contributed by atoms with Crippen LogP contribution in [0.5, 0.6) is 0 Å². The summed E-state index contributed by atoms with van der Waals surface area (Å²) < 4.78 is 16.7. The third-order valence-electron chi connectivity index (χ3n) is 5.29. The fraction of sp³-hybridized carbons (Fsp3) is 0.667. The number of ether oxygens (including phenoxy) is 3. The number of nitrogens with one attached hydrogen (secondary N) is 2. The molecule has 0 saturated carbocycles. The Balaban J connectivity index is 0.00000320. The summed E-state index contributed by atoms with van der Waals surface area (Å²) in [5, 5.41) is 7.63. The van der Waals surface area contributed by atoms with Crippen LogP contribution in [-0.4, -0.2) is 83.2 Å². The summed E-state index contributed by atoms with van der Waals surface area (Å²) in [6.07, 6.45) is 2.19. The smallest absolute Gasteiger partial charge is 0.191 e. The van der Waals surface area contributed by atoms with Crippen LogP contribution in [0.2, 0.25) is 5.02 Å². The molecule has 2 saturated heterocycles. The van der Waals surface area contributed by atoms with Crippen LogP contribution in [0.15, 0.2) is 29.3 Å². The Morgan fingerprint density at radius 1 is 1.23 bits per heavy atom. The average molecular weight is 553 g/mol. The molecule has 0 aromatic heterocycles. The molecule has 0 aliphatic carbocycles. The third-order valence-corrected chi connectivity index (χ3v) is 5.64. The van der Waals surface area contributed by atoms with Crippen molar-refractivity contribution in [1.29, 1.82) is 0 Å². The molecule has 2 unspecified atom stereocenters. The molecule has 170 valence electrons. The third kappa shape index (κ3) is 8.12. The molecule has 3 rings (SSSR count). The molecule has 0 bridgehead atoms. The van der Waals surface area contributed by atoms with E-state index < -0.39 is 0 Å². The highest BCUT2D eigenvalue weighted by molar-refractivity contribution is 14.0. The van der Waals surface area contributed by atoms with Gasteiger partial charge in [-0.1, -0.05) is 29.8 Å². The van der Waals surface area contributed by atoms with E-state index in [9.17, 15) is 0 Å². The van der Waals surface area contributed by atoms with E-state index in [0.29, 0.717) is 0 Å². The van der Waals surface area contributed by atoms with Crippen LogP contribution in [0.3, 0.4) is 0 Å². The van der Waals surface area contributed by atoms with E-state index in [1.54, 1.807) is 7.05 Å². The van der Waals surface area contributed by atoms with Gasteiger partial charge in [-0.3, -0.25) is 9.89 Å². The molecule has 2 aliphatic heterocycles. The number of rotatable bonds is 9. The van der Waals surface area contributed by atoms with Gasteiger partial charge in [-0.2, -0.15) is 0 Å². The maximum atomic E-state index is 6.51. The summed E-state index contributed by atoms with van der Waals surface area (Å²) in [5.41, 5.74) is 1.13. The van der Waals surface area contributed by atoms with Gasteiger partial charge in [0.2, 0.25) is 0 Å². The van der Waals surface area contributed by atoms with Crippen molar-refractivity contribution in [2.45, 2.75) is 25.0 Å². The zero-order valence-electron chi connectivity index (χ0n) is 17.6. The summed E-state index contributed by atoms with van der Waals surface area (Å²) in [7, 11) is 1.79. The van der Waals surface area contributed by atoms with Crippen molar-refractivity contribution in [2.75, 3.05) is 66.3 Å². The van der Waals surface area contributed by atoms with Crippen molar-refractivity contribution in [3.05, 3.63) is 34.9 Å². The zero-order chi connectivity index (χ0) is 20.3. The Labute approximate surface area is 201 Å². The van der Waals surface area contributed by atoms with Crippen LogP contribution in [0.4, 0.5) is 0 Å². The SMILES string of the molecule is CN=C(NCCCOC1CCOC1)NCC(c1ccccc1Cl)N1CCOCC1.I. The first kappa shape index (κ1) is 25.6. The second-order valence-electron chi connectivity index (χ2n) is 7.28. The lowest BCUT2D eigenvalue weighted by atomic mass is 10.0. The number of benzene rings is 1. The van der Waals surface area contributed by atoms with Crippen LogP contribution >= 0.6 is 35.6 Å². The number of hydrogen-bond acceptors (Lipinski definition) is 5. The van der Waals surface area contributed by atoms with Gasteiger partial charge in [-0.15, -0.1) is 24.0 Å². The van der Waals surface area contributed by atoms with E-state index >= 15 is 0 Å². The van der Waals surface area contributed by atoms with Gasteiger partial charge in [0.25, 0.3) is 0 Å². The van der Waals surface area contributed by atoms with Gasteiger partial charge in [0, 0.05) is 51.5 Å². The Kier molecular flexibility index (Phi) is 12.3. The van der Waals surface area contributed by atoms with E-state index in [2.05, 4.69) is 26.6 Å². The fourth-order valence-corrected chi connectivity index (χ4v) is 3.92. The van der Waals surface area contributed by atoms with Gasteiger partial charge in [-0.25, -0.2) is 0 Å². The van der Waals surface area contributed by atoms with E-state index in [1.165, 1.54) is 0 Å². The predicted octanol–water partition coefficient (Wildman–Crippen LogP) is 2.69. The summed E-state index contributed by atoms with van der Waals surface area (Å²) >= 11 is 6.51. The molecule has 30 heavy (non-hydrogen) atoms. The Hall–Kier alpha value is -0.650. The topological polar surface area (TPSA) is 67.4 Å².